The highest BCUT2D eigenvalue weighted by Gasteiger charge is 2.19. The van der Waals surface area contributed by atoms with Gasteiger partial charge in [0.2, 0.25) is 10.0 Å². The van der Waals surface area contributed by atoms with Gasteiger partial charge in [-0.05, 0) is 91.2 Å². The van der Waals surface area contributed by atoms with Gasteiger partial charge in [0.05, 0.1) is 35.3 Å². The summed E-state index contributed by atoms with van der Waals surface area (Å²) in [7, 11) is -7.35. The minimum Gasteiger partial charge on any atom is -0.322 e. The van der Waals surface area contributed by atoms with Crippen LogP contribution in [0.5, 0.6) is 0 Å². The molecule has 4 rings (SSSR count). The van der Waals surface area contributed by atoms with Gasteiger partial charge in [0, 0.05) is 17.4 Å². The number of aromatic nitrogens is 1. The van der Waals surface area contributed by atoms with E-state index in [-0.39, 0.29) is 17.3 Å². The van der Waals surface area contributed by atoms with Crippen LogP contribution in [0.1, 0.15) is 27.0 Å². The summed E-state index contributed by atoms with van der Waals surface area (Å²) in [4.78, 5) is 16.7. The highest BCUT2D eigenvalue weighted by molar-refractivity contribution is 7.92. The van der Waals surface area contributed by atoms with E-state index in [1.165, 1.54) is 34.8 Å². The Morgan fingerprint density at radius 2 is 1.54 bits per heavy atom. The maximum atomic E-state index is 12.8. The third kappa shape index (κ3) is 7.01. The normalized spacial score (nSPS) is 11.6. The Morgan fingerprint density at radius 3 is 2.13 bits per heavy atom. The van der Waals surface area contributed by atoms with E-state index < -0.39 is 20.0 Å². The molecule has 9 nitrogen and oxygen atoms in total. The summed E-state index contributed by atoms with van der Waals surface area (Å²) in [6, 6.07) is 21.1. The van der Waals surface area contributed by atoms with E-state index in [1.807, 2.05) is 26.0 Å². The molecule has 2 N–H and O–H groups in total. The maximum Gasteiger partial charge on any atom is 0.261 e. The van der Waals surface area contributed by atoms with Gasteiger partial charge in [-0.3, -0.25) is 18.8 Å². The Balaban J connectivity index is 1.43. The van der Waals surface area contributed by atoms with Crippen LogP contribution < -0.4 is 14.3 Å². The number of hydrogen-bond donors (Lipinski definition) is 2. The first kappa shape index (κ1) is 27.8. The van der Waals surface area contributed by atoms with Crippen molar-refractivity contribution in [2.45, 2.75) is 25.3 Å². The standard InChI is InChI=1S/C28H28N4O5S2/c1-20-6-13-26(17-21(20)2)32(38(3,34)35)19-22-7-9-23(10-8-22)28(33)30-24-11-14-27(15-12-24)39(36,37)31-25-5-4-16-29-18-25/h4-18,31H,19H2,1-3H3,(H,30,33). The molecule has 0 bridgehead atoms. The van der Waals surface area contributed by atoms with Crippen molar-refractivity contribution in [3.8, 4) is 0 Å². The zero-order valence-electron chi connectivity index (χ0n) is 21.6. The lowest BCUT2D eigenvalue weighted by Gasteiger charge is -2.23. The van der Waals surface area contributed by atoms with Crippen LogP contribution in [0.15, 0.2) is 96.2 Å². The largest absolute Gasteiger partial charge is 0.322 e. The first-order valence-corrected chi connectivity index (χ1v) is 15.2. The number of hydrogen-bond acceptors (Lipinski definition) is 6. The molecular formula is C28H28N4O5S2. The number of benzene rings is 3. The molecule has 202 valence electrons. The monoisotopic (exact) mass is 564 g/mol. The van der Waals surface area contributed by atoms with Gasteiger partial charge in [-0.15, -0.1) is 0 Å². The number of aryl methyl sites for hydroxylation is 2. The molecular weight excluding hydrogens is 536 g/mol. The molecule has 0 aliphatic heterocycles. The summed E-state index contributed by atoms with van der Waals surface area (Å²) >= 11 is 0. The number of nitrogens with one attached hydrogen (secondary N) is 2. The van der Waals surface area contributed by atoms with Crippen molar-refractivity contribution >= 4 is 43.0 Å². The Kier molecular flexibility index (Phi) is 8.03. The molecule has 0 spiro atoms. The van der Waals surface area contributed by atoms with Crippen LogP contribution in [0.25, 0.3) is 0 Å². The van der Waals surface area contributed by atoms with E-state index >= 15 is 0 Å². The number of amides is 1. The maximum absolute atomic E-state index is 12.8. The summed E-state index contributed by atoms with van der Waals surface area (Å²) in [6.07, 6.45) is 4.11. The second kappa shape index (κ2) is 11.3. The van der Waals surface area contributed by atoms with Crippen LogP contribution in [0.3, 0.4) is 0 Å². The van der Waals surface area contributed by atoms with Crippen molar-refractivity contribution in [1.29, 1.82) is 0 Å². The summed E-state index contributed by atoms with van der Waals surface area (Å²) in [5, 5.41) is 2.74. The van der Waals surface area contributed by atoms with E-state index in [2.05, 4.69) is 15.0 Å². The lowest BCUT2D eigenvalue weighted by atomic mass is 10.1. The Morgan fingerprint density at radius 1 is 0.846 bits per heavy atom. The molecule has 0 fully saturated rings. The quantitative estimate of drug-likeness (QED) is 0.303. The minimum absolute atomic E-state index is 0.0351. The van der Waals surface area contributed by atoms with Crippen molar-refractivity contribution < 1.29 is 21.6 Å². The van der Waals surface area contributed by atoms with Gasteiger partial charge < -0.3 is 5.32 Å². The number of nitrogens with zero attached hydrogens (tertiary/aromatic N) is 2. The second-order valence-electron chi connectivity index (χ2n) is 9.06. The zero-order chi connectivity index (χ0) is 28.2. The Labute approximate surface area is 228 Å². The summed E-state index contributed by atoms with van der Waals surface area (Å²) in [5.41, 5.74) is 4.47. The molecule has 1 amide bonds. The van der Waals surface area contributed by atoms with Crippen molar-refractivity contribution in [1.82, 2.24) is 4.98 Å². The molecule has 0 saturated carbocycles. The molecule has 0 saturated heterocycles. The summed E-state index contributed by atoms with van der Waals surface area (Å²) < 4.78 is 53.9. The third-order valence-corrected chi connectivity index (χ3v) is 8.60. The van der Waals surface area contributed by atoms with Crippen molar-refractivity contribution in [3.63, 3.8) is 0 Å². The van der Waals surface area contributed by atoms with Gasteiger partial charge in [-0.2, -0.15) is 0 Å². The first-order chi connectivity index (χ1) is 18.4. The summed E-state index contributed by atoms with van der Waals surface area (Å²) in [6.45, 7) is 4.01. The van der Waals surface area contributed by atoms with Crippen LogP contribution in [-0.2, 0) is 26.6 Å². The molecule has 11 heteroatoms. The smallest absolute Gasteiger partial charge is 0.261 e. The number of carbonyl (C=O) groups excluding carboxylic acids is 1. The van der Waals surface area contributed by atoms with E-state index in [9.17, 15) is 21.6 Å². The number of anilines is 3. The van der Waals surface area contributed by atoms with Crippen LogP contribution in [-0.4, -0.2) is 34.0 Å². The highest BCUT2D eigenvalue weighted by Crippen LogP contribution is 2.24. The second-order valence-corrected chi connectivity index (χ2v) is 12.7. The van der Waals surface area contributed by atoms with Gasteiger partial charge >= 0.3 is 0 Å². The molecule has 0 atom stereocenters. The number of pyridine rings is 1. The predicted molar refractivity (Wildman–Crippen MR) is 153 cm³/mol. The van der Waals surface area contributed by atoms with E-state index in [4.69, 9.17) is 0 Å². The van der Waals surface area contributed by atoms with Crippen molar-refractivity contribution in [3.05, 3.63) is 114 Å². The average molecular weight is 565 g/mol. The van der Waals surface area contributed by atoms with E-state index in [0.29, 0.717) is 28.2 Å². The van der Waals surface area contributed by atoms with E-state index in [1.54, 1.807) is 48.7 Å². The molecule has 0 radical (unpaired) electrons. The Bertz CT molecular complexity index is 1690. The van der Waals surface area contributed by atoms with Gasteiger partial charge in [0.1, 0.15) is 0 Å². The predicted octanol–water partition coefficient (Wildman–Crippen LogP) is 4.72. The topological polar surface area (TPSA) is 126 Å². The lowest BCUT2D eigenvalue weighted by molar-refractivity contribution is 0.102. The van der Waals surface area contributed by atoms with Gasteiger partial charge in [-0.1, -0.05) is 18.2 Å². The molecule has 0 aliphatic rings. The van der Waals surface area contributed by atoms with E-state index in [0.717, 1.165) is 17.4 Å². The molecule has 3 aromatic carbocycles. The molecule has 1 heterocycles. The van der Waals surface area contributed by atoms with Crippen molar-refractivity contribution in [2.75, 3.05) is 20.6 Å². The Hall–Kier alpha value is -4.22. The summed E-state index contributed by atoms with van der Waals surface area (Å²) in [5.74, 6) is -0.389. The fraction of sp³-hybridized carbons (Fsp3) is 0.143. The fourth-order valence-electron chi connectivity index (χ4n) is 3.77. The molecule has 0 aliphatic carbocycles. The van der Waals surface area contributed by atoms with Crippen molar-refractivity contribution in [2.24, 2.45) is 0 Å². The SMILES string of the molecule is Cc1ccc(N(Cc2ccc(C(=O)Nc3ccc(S(=O)(=O)Nc4cccnc4)cc3)cc2)S(C)(=O)=O)cc1C. The molecule has 4 aromatic rings. The van der Waals surface area contributed by atoms with Crippen LogP contribution in [0, 0.1) is 13.8 Å². The minimum atomic E-state index is -3.81. The van der Waals surface area contributed by atoms with Crippen LogP contribution >= 0.6 is 0 Å². The number of carbonyl (C=O) groups is 1. The van der Waals surface area contributed by atoms with Crippen LogP contribution in [0.2, 0.25) is 0 Å². The zero-order valence-corrected chi connectivity index (χ0v) is 23.3. The van der Waals surface area contributed by atoms with Gasteiger partial charge in [0.25, 0.3) is 15.9 Å². The highest BCUT2D eigenvalue weighted by atomic mass is 32.2. The molecule has 1 aromatic heterocycles. The fourth-order valence-corrected chi connectivity index (χ4v) is 5.69. The lowest BCUT2D eigenvalue weighted by Crippen LogP contribution is -2.29. The third-order valence-electron chi connectivity index (χ3n) is 6.06. The molecule has 0 unspecified atom stereocenters. The number of sulfonamides is 2. The first-order valence-electron chi connectivity index (χ1n) is 11.9. The number of rotatable bonds is 9. The van der Waals surface area contributed by atoms with Gasteiger partial charge in [0.15, 0.2) is 0 Å². The molecule has 39 heavy (non-hydrogen) atoms. The van der Waals surface area contributed by atoms with Gasteiger partial charge in [-0.25, -0.2) is 16.8 Å². The average Bonchev–Trinajstić information content (AvgIpc) is 2.89. The van der Waals surface area contributed by atoms with Crippen LogP contribution in [0.4, 0.5) is 17.1 Å².